The largest absolute Gasteiger partial charge is 0.490 e. The number of carboxylic acid groups (broad SMARTS) is 1. The molecule has 0 aliphatic heterocycles. The molecule has 1 heterocycles. The molecule has 184 valence electrons. The van der Waals surface area contributed by atoms with Gasteiger partial charge in [0.2, 0.25) is 0 Å². The zero-order valence-electron chi connectivity index (χ0n) is 18.9. The summed E-state index contributed by atoms with van der Waals surface area (Å²) in [6.45, 7) is 0. The second-order valence-corrected chi connectivity index (χ2v) is 8.97. The molecule has 0 radical (unpaired) electrons. The van der Waals surface area contributed by atoms with Gasteiger partial charge in [-0.05, 0) is 24.0 Å². The Labute approximate surface area is 191 Å². The molecule has 2 aliphatic rings. The fraction of sp³-hybridized carbons (Fsp3) is 0.682. The Balaban J connectivity index is 0. The molecule has 0 bridgehead atoms. The number of hydrogen-bond acceptors (Lipinski definition) is 5. The highest BCUT2D eigenvalue weighted by Crippen LogP contribution is 2.37. The average Bonchev–Trinajstić information content (AvgIpc) is 2.77. The van der Waals surface area contributed by atoms with Crippen molar-refractivity contribution in [1.82, 2.24) is 4.98 Å². The quantitative estimate of drug-likeness (QED) is 0.417. The van der Waals surface area contributed by atoms with Crippen LogP contribution in [0.15, 0.2) is 30.6 Å². The summed E-state index contributed by atoms with van der Waals surface area (Å²) in [4.78, 5) is 12.7. The van der Waals surface area contributed by atoms with Gasteiger partial charge in [0.05, 0.1) is 6.01 Å². The van der Waals surface area contributed by atoms with Gasteiger partial charge in [0.15, 0.2) is 0 Å². The molecule has 3 rings (SSSR count). The Kier molecular flexibility index (Phi) is 20.9. The van der Waals surface area contributed by atoms with Crippen LogP contribution in [0.1, 0.15) is 64.2 Å². The standard InChI is InChI=1S/C12H22.C5H5N.C2HF3O2.C2H6OS.CH2N2/c1-3-7-11(8-4-1)12-9-5-2-6-10-12;1-2-4-6-5-3-1;3-2(4,5)1(6)7;1-4(2)3;2-1-3/h11-12H,1-10H2;1-5H;(H,6,7);1-2H3;2-3H. The number of halogens is 3. The van der Waals surface area contributed by atoms with E-state index >= 15 is 0 Å². The minimum atomic E-state index is -5.08. The Bertz CT molecular complexity index is 582. The monoisotopic (exact) mass is 479 g/mol. The minimum absolute atomic E-state index is 0.611. The highest BCUT2D eigenvalue weighted by Gasteiger charge is 2.38. The van der Waals surface area contributed by atoms with Crippen molar-refractivity contribution >= 4 is 22.8 Å². The van der Waals surface area contributed by atoms with Crippen molar-refractivity contribution in [3.05, 3.63) is 30.6 Å². The molecule has 0 amide bonds. The number of nitrogens with zero attached hydrogens (tertiary/aromatic N) is 1. The molecule has 10 heteroatoms. The van der Waals surface area contributed by atoms with E-state index in [-0.39, 0.29) is 0 Å². The number of aliphatic carboxylic acids is 1. The number of aromatic nitrogens is 1. The van der Waals surface area contributed by atoms with Crippen molar-refractivity contribution in [3.8, 4) is 0 Å². The third kappa shape index (κ3) is 22.6. The molecule has 2 saturated carbocycles. The molecule has 2 aliphatic carbocycles. The Morgan fingerprint density at radius 1 is 0.906 bits per heavy atom. The summed E-state index contributed by atoms with van der Waals surface area (Å²) in [5, 5.41) is 18.4. The molecular formula is C22H36F3N3O3S. The fourth-order valence-electron chi connectivity index (χ4n) is 3.52. The van der Waals surface area contributed by atoms with Crippen molar-refractivity contribution in [2.24, 2.45) is 11.8 Å². The van der Waals surface area contributed by atoms with E-state index < -0.39 is 22.9 Å². The molecule has 1 aromatic rings. The predicted octanol–water partition coefficient (Wildman–Crippen LogP) is 6.17. The van der Waals surface area contributed by atoms with Gasteiger partial charge in [0, 0.05) is 35.7 Å². The summed E-state index contributed by atoms with van der Waals surface area (Å²) in [5.41, 5.74) is 0. The lowest BCUT2D eigenvalue weighted by molar-refractivity contribution is -0.192. The molecule has 1 aromatic heterocycles. The van der Waals surface area contributed by atoms with Crippen molar-refractivity contribution < 1.29 is 27.3 Å². The van der Waals surface area contributed by atoms with Crippen molar-refractivity contribution in [2.75, 3.05) is 12.5 Å². The topological polar surface area (TPSA) is 115 Å². The van der Waals surface area contributed by atoms with Crippen LogP contribution in [-0.4, -0.2) is 45.0 Å². The molecule has 3 N–H and O–H groups in total. The molecule has 6 nitrogen and oxygen atoms in total. The van der Waals surface area contributed by atoms with Gasteiger partial charge in [0.25, 0.3) is 0 Å². The predicted molar refractivity (Wildman–Crippen MR) is 122 cm³/mol. The van der Waals surface area contributed by atoms with Crippen LogP contribution >= 0.6 is 0 Å². The molecule has 0 spiro atoms. The van der Waals surface area contributed by atoms with Crippen molar-refractivity contribution in [1.29, 1.82) is 10.8 Å². The molecular weight excluding hydrogens is 443 g/mol. The van der Waals surface area contributed by atoms with Crippen LogP contribution in [0.4, 0.5) is 13.2 Å². The highest BCUT2D eigenvalue weighted by molar-refractivity contribution is 7.83. The molecule has 32 heavy (non-hydrogen) atoms. The second kappa shape index (κ2) is 20.8. The third-order valence-electron chi connectivity index (χ3n) is 4.78. The molecule has 0 unspecified atom stereocenters. The SMILES string of the molecule is C1CCC(C2CCCCC2)CC1.CS(C)=O.N=C=N.O=C(O)C(F)(F)F.c1ccncc1. The lowest BCUT2D eigenvalue weighted by atomic mass is 9.73. The number of pyridine rings is 1. The highest BCUT2D eigenvalue weighted by atomic mass is 32.2. The third-order valence-corrected chi connectivity index (χ3v) is 4.78. The number of nitrogens with one attached hydrogen (secondary N) is 2. The minimum Gasteiger partial charge on any atom is -0.475 e. The maximum absolute atomic E-state index is 10.6. The van der Waals surface area contributed by atoms with E-state index in [1.807, 2.05) is 18.2 Å². The molecule has 2 fully saturated rings. The van der Waals surface area contributed by atoms with Crippen LogP contribution in [0.5, 0.6) is 0 Å². The summed E-state index contributed by atoms with van der Waals surface area (Å²) in [6, 6.07) is 6.97. The van der Waals surface area contributed by atoms with Crippen molar-refractivity contribution in [3.63, 3.8) is 0 Å². The van der Waals surface area contributed by atoms with E-state index in [4.69, 9.17) is 20.7 Å². The van der Waals surface area contributed by atoms with Crippen LogP contribution in [0.3, 0.4) is 0 Å². The zero-order chi connectivity index (χ0) is 24.8. The lowest BCUT2D eigenvalue weighted by Crippen LogP contribution is -2.21. The van der Waals surface area contributed by atoms with E-state index in [1.54, 1.807) is 50.6 Å². The normalized spacial score (nSPS) is 16.2. The van der Waals surface area contributed by atoms with Gasteiger partial charge in [-0.15, -0.1) is 0 Å². The molecule has 0 saturated heterocycles. The van der Waals surface area contributed by atoms with Crippen molar-refractivity contribution in [2.45, 2.75) is 70.4 Å². The van der Waals surface area contributed by atoms with E-state index in [2.05, 4.69) is 4.98 Å². The molecule has 0 aromatic carbocycles. The first-order valence-corrected chi connectivity index (χ1v) is 12.5. The van der Waals surface area contributed by atoms with Gasteiger partial charge in [0.1, 0.15) is 0 Å². The lowest BCUT2D eigenvalue weighted by Gasteiger charge is -2.32. The van der Waals surface area contributed by atoms with Gasteiger partial charge >= 0.3 is 12.1 Å². The van der Waals surface area contributed by atoms with Crippen LogP contribution in [0.2, 0.25) is 0 Å². The van der Waals surface area contributed by atoms with E-state index in [0.29, 0.717) is 0 Å². The number of hydrogen-bond donors (Lipinski definition) is 3. The van der Waals surface area contributed by atoms with E-state index in [1.165, 1.54) is 44.5 Å². The number of carboxylic acids is 1. The maximum atomic E-state index is 10.6. The average molecular weight is 480 g/mol. The molecule has 0 atom stereocenters. The summed E-state index contributed by atoms with van der Waals surface area (Å²) in [5.74, 6) is -0.481. The number of rotatable bonds is 1. The summed E-state index contributed by atoms with van der Waals surface area (Å²) < 4.78 is 41.3. The number of carbonyl (C=O) groups is 1. The summed E-state index contributed by atoms with van der Waals surface area (Å²) >= 11 is 0. The van der Waals surface area contributed by atoms with Gasteiger partial charge in [-0.25, -0.2) is 15.6 Å². The van der Waals surface area contributed by atoms with Crippen LogP contribution < -0.4 is 0 Å². The van der Waals surface area contributed by atoms with Crippen LogP contribution in [0, 0.1) is 22.7 Å². The first kappa shape index (κ1) is 32.1. The maximum Gasteiger partial charge on any atom is 0.490 e. The van der Waals surface area contributed by atoms with Gasteiger partial charge in [-0.1, -0.05) is 70.3 Å². The zero-order valence-corrected chi connectivity index (χ0v) is 19.7. The second-order valence-electron chi connectivity index (χ2n) is 7.49. The Morgan fingerprint density at radius 3 is 1.34 bits per heavy atom. The van der Waals surface area contributed by atoms with E-state index in [9.17, 15) is 17.4 Å². The van der Waals surface area contributed by atoms with Gasteiger partial charge in [-0.2, -0.15) is 13.2 Å². The Morgan fingerprint density at radius 2 is 1.19 bits per heavy atom. The first-order valence-electron chi connectivity index (χ1n) is 10.5. The van der Waals surface area contributed by atoms with E-state index in [0.717, 1.165) is 11.8 Å². The summed E-state index contributed by atoms with van der Waals surface area (Å²) in [6.07, 6.45) is 17.1. The van der Waals surface area contributed by atoms with Gasteiger partial charge in [-0.3, -0.25) is 9.19 Å². The fourth-order valence-corrected chi connectivity index (χ4v) is 3.52. The van der Waals surface area contributed by atoms with Gasteiger partial charge < -0.3 is 5.11 Å². The summed E-state index contributed by atoms with van der Waals surface area (Å²) in [7, 11) is -0.611. The van der Waals surface area contributed by atoms with Crippen LogP contribution in [-0.2, 0) is 15.6 Å². The number of alkyl halides is 3. The Hall–Kier alpha value is -2.06. The smallest absolute Gasteiger partial charge is 0.475 e. The first-order chi connectivity index (χ1) is 15.1. The van der Waals surface area contributed by atoms with Crippen LogP contribution in [0.25, 0.3) is 0 Å².